The molecule has 0 spiro atoms. The molecule has 5 heteroatoms. The van der Waals surface area contributed by atoms with Gasteiger partial charge in [0.15, 0.2) is 0 Å². The van der Waals surface area contributed by atoms with Gasteiger partial charge in [-0.15, -0.1) is 0 Å². The number of nitrogens with zero attached hydrogens (tertiary/aromatic N) is 2. The number of benzene rings is 1. The topological polar surface area (TPSA) is 43.8 Å². The molecule has 0 aliphatic heterocycles. The molecule has 0 fully saturated rings. The van der Waals surface area contributed by atoms with E-state index in [2.05, 4.69) is 18.8 Å². The molecule has 0 radical (unpaired) electrons. The fourth-order valence-electron chi connectivity index (χ4n) is 2.07. The molecule has 2 aromatic rings. The van der Waals surface area contributed by atoms with Gasteiger partial charge in [-0.1, -0.05) is 6.92 Å². The maximum absolute atomic E-state index is 13.5. The first kappa shape index (κ1) is 13.2. The molecule has 0 aliphatic rings. The van der Waals surface area contributed by atoms with Gasteiger partial charge < -0.3 is 10.3 Å². The molecule has 2 rings (SSSR count). The van der Waals surface area contributed by atoms with Crippen molar-refractivity contribution in [2.45, 2.75) is 26.8 Å². The van der Waals surface area contributed by atoms with Crippen LogP contribution < -0.4 is 5.73 Å². The molecule has 2 N–H and O–H groups in total. The Labute approximate surface area is 111 Å². The highest BCUT2D eigenvalue weighted by Crippen LogP contribution is 2.26. The zero-order valence-electron chi connectivity index (χ0n) is 10.9. The minimum Gasteiger partial charge on any atom is -0.369 e. The van der Waals surface area contributed by atoms with E-state index in [1.54, 1.807) is 6.92 Å². The van der Waals surface area contributed by atoms with E-state index >= 15 is 0 Å². The number of aryl methyl sites for hydroxylation is 1. The summed E-state index contributed by atoms with van der Waals surface area (Å²) in [7, 11) is 0. The lowest BCUT2D eigenvalue weighted by Gasteiger charge is -2.15. The summed E-state index contributed by atoms with van der Waals surface area (Å²) in [6.45, 7) is 6.00. The number of aromatic nitrogens is 2. The predicted octanol–water partition coefficient (Wildman–Crippen LogP) is 3.38. The van der Waals surface area contributed by atoms with Gasteiger partial charge in [0.2, 0.25) is 5.95 Å². The van der Waals surface area contributed by atoms with Gasteiger partial charge in [-0.05, 0) is 31.2 Å². The summed E-state index contributed by atoms with van der Waals surface area (Å²) in [5.74, 6) is 2.27. The number of thioether (sulfide) groups is 1. The average Bonchev–Trinajstić information content (AvgIpc) is 2.62. The Hall–Kier alpha value is -1.23. The van der Waals surface area contributed by atoms with E-state index in [-0.39, 0.29) is 11.9 Å². The molecule has 0 bridgehead atoms. The maximum atomic E-state index is 13.5. The van der Waals surface area contributed by atoms with E-state index in [9.17, 15) is 4.39 Å². The van der Waals surface area contributed by atoms with Crippen molar-refractivity contribution in [3.05, 3.63) is 23.5 Å². The van der Waals surface area contributed by atoms with Gasteiger partial charge >= 0.3 is 0 Å². The number of imidazole rings is 1. The molecule has 0 saturated carbocycles. The van der Waals surface area contributed by atoms with E-state index in [1.807, 2.05) is 22.4 Å². The number of fused-ring (bicyclic) bond motifs is 1. The summed E-state index contributed by atoms with van der Waals surface area (Å²) in [6, 6.07) is 3.53. The molecule has 0 saturated heterocycles. The van der Waals surface area contributed by atoms with E-state index < -0.39 is 0 Å². The van der Waals surface area contributed by atoms with E-state index in [0.717, 1.165) is 17.0 Å². The van der Waals surface area contributed by atoms with Crippen molar-refractivity contribution in [1.29, 1.82) is 0 Å². The molecule has 0 amide bonds. The van der Waals surface area contributed by atoms with Crippen LogP contribution in [0.5, 0.6) is 0 Å². The van der Waals surface area contributed by atoms with E-state index in [0.29, 0.717) is 17.0 Å². The molecule has 1 aromatic carbocycles. The zero-order valence-corrected chi connectivity index (χ0v) is 11.7. The van der Waals surface area contributed by atoms with Gasteiger partial charge in [-0.25, -0.2) is 9.37 Å². The number of nitrogen functional groups attached to an aromatic ring is 1. The second-order valence-corrected chi connectivity index (χ2v) is 5.76. The number of halogens is 1. The van der Waals surface area contributed by atoms with Crippen molar-refractivity contribution in [2.24, 2.45) is 0 Å². The van der Waals surface area contributed by atoms with Crippen LogP contribution in [0.3, 0.4) is 0 Å². The quantitative estimate of drug-likeness (QED) is 0.923. The second-order valence-electron chi connectivity index (χ2n) is 4.44. The van der Waals surface area contributed by atoms with Crippen LogP contribution in [-0.2, 0) is 0 Å². The fourth-order valence-corrected chi connectivity index (χ4v) is 2.79. The third-order valence-corrected chi connectivity index (χ3v) is 4.13. The van der Waals surface area contributed by atoms with Crippen LogP contribution in [0.1, 0.15) is 25.5 Å². The van der Waals surface area contributed by atoms with E-state index in [1.165, 1.54) is 6.07 Å². The molecule has 1 heterocycles. The minimum atomic E-state index is -0.234. The highest BCUT2D eigenvalue weighted by molar-refractivity contribution is 7.99. The number of anilines is 1. The van der Waals surface area contributed by atoms with Crippen molar-refractivity contribution in [2.75, 3.05) is 17.2 Å². The van der Waals surface area contributed by atoms with E-state index in [4.69, 9.17) is 5.73 Å². The van der Waals surface area contributed by atoms with Crippen LogP contribution in [-0.4, -0.2) is 21.1 Å². The minimum absolute atomic E-state index is 0.234. The first-order chi connectivity index (χ1) is 8.54. The van der Waals surface area contributed by atoms with Gasteiger partial charge in [0.25, 0.3) is 0 Å². The molecule has 0 aliphatic carbocycles. The largest absolute Gasteiger partial charge is 0.369 e. The molecule has 1 unspecified atom stereocenters. The zero-order chi connectivity index (χ0) is 13.3. The molecular weight excluding hydrogens is 249 g/mol. The summed E-state index contributed by atoms with van der Waals surface area (Å²) >= 11 is 1.86. The number of rotatable bonds is 4. The summed E-state index contributed by atoms with van der Waals surface area (Å²) in [5.41, 5.74) is 8.11. The molecule has 3 nitrogen and oxygen atoms in total. The third-order valence-electron chi connectivity index (χ3n) is 3.00. The number of hydrogen-bond donors (Lipinski definition) is 1. The normalized spacial score (nSPS) is 13.1. The SMILES string of the molecule is CCSCC(C)n1c(N)nc2cc(F)c(C)cc21. The molecule has 98 valence electrons. The number of hydrogen-bond acceptors (Lipinski definition) is 3. The van der Waals surface area contributed by atoms with Gasteiger partial charge in [0.1, 0.15) is 5.82 Å². The smallest absolute Gasteiger partial charge is 0.201 e. The van der Waals surface area contributed by atoms with Gasteiger partial charge in [0.05, 0.1) is 11.0 Å². The standard InChI is InChI=1S/C13H18FN3S/c1-4-18-7-9(3)17-12-5-8(2)10(14)6-11(12)16-13(17)15/h5-6,9H,4,7H2,1-3H3,(H2,15,16). The average molecular weight is 267 g/mol. The van der Waals surface area contributed by atoms with Crippen LogP contribution in [0.25, 0.3) is 11.0 Å². The Morgan fingerprint density at radius 1 is 1.50 bits per heavy atom. The lowest BCUT2D eigenvalue weighted by molar-refractivity contribution is 0.618. The Morgan fingerprint density at radius 2 is 2.22 bits per heavy atom. The molecule has 1 atom stereocenters. The van der Waals surface area contributed by atoms with Crippen molar-refractivity contribution >= 4 is 28.7 Å². The summed E-state index contributed by atoms with van der Waals surface area (Å²) in [4.78, 5) is 4.24. The Balaban J connectivity index is 2.49. The van der Waals surface area contributed by atoms with Crippen LogP contribution in [0, 0.1) is 12.7 Å². The van der Waals surface area contributed by atoms with Gasteiger partial charge in [-0.2, -0.15) is 11.8 Å². The lowest BCUT2D eigenvalue weighted by Crippen LogP contribution is -2.11. The van der Waals surface area contributed by atoms with Gasteiger partial charge in [0, 0.05) is 17.9 Å². The summed E-state index contributed by atoms with van der Waals surface area (Å²) < 4.78 is 15.5. The highest BCUT2D eigenvalue weighted by Gasteiger charge is 2.15. The van der Waals surface area contributed by atoms with Gasteiger partial charge in [-0.3, -0.25) is 0 Å². The Kier molecular flexibility index (Phi) is 3.80. The van der Waals surface area contributed by atoms with Crippen LogP contribution in [0.15, 0.2) is 12.1 Å². The second kappa shape index (κ2) is 5.18. The number of nitrogens with two attached hydrogens (primary N) is 1. The summed E-state index contributed by atoms with van der Waals surface area (Å²) in [6.07, 6.45) is 0. The van der Waals surface area contributed by atoms with Crippen molar-refractivity contribution in [3.63, 3.8) is 0 Å². The Morgan fingerprint density at radius 3 is 2.89 bits per heavy atom. The highest BCUT2D eigenvalue weighted by atomic mass is 32.2. The molecule has 1 aromatic heterocycles. The van der Waals surface area contributed by atoms with Crippen LogP contribution >= 0.6 is 11.8 Å². The van der Waals surface area contributed by atoms with Crippen molar-refractivity contribution in [3.8, 4) is 0 Å². The third kappa shape index (κ3) is 2.32. The Bertz CT molecular complexity index is 565. The van der Waals surface area contributed by atoms with Crippen LogP contribution in [0.4, 0.5) is 10.3 Å². The summed E-state index contributed by atoms with van der Waals surface area (Å²) in [5, 5.41) is 0. The first-order valence-corrected chi connectivity index (χ1v) is 7.21. The van der Waals surface area contributed by atoms with Crippen LogP contribution in [0.2, 0.25) is 0 Å². The van der Waals surface area contributed by atoms with Crippen molar-refractivity contribution in [1.82, 2.24) is 9.55 Å². The predicted molar refractivity (Wildman–Crippen MR) is 76.6 cm³/mol. The molecular formula is C13H18FN3S. The maximum Gasteiger partial charge on any atom is 0.201 e. The van der Waals surface area contributed by atoms with Crippen molar-refractivity contribution < 1.29 is 4.39 Å². The molecule has 18 heavy (non-hydrogen) atoms. The first-order valence-electron chi connectivity index (χ1n) is 6.06. The monoisotopic (exact) mass is 267 g/mol. The fraction of sp³-hybridized carbons (Fsp3) is 0.462. The lowest BCUT2D eigenvalue weighted by atomic mass is 10.2.